The predicted octanol–water partition coefficient (Wildman–Crippen LogP) is 2.15. The van der Waals surface area contributed by atoms with Crippen molar-refractivity contribution >= 4 is 0 Å². The maximum atomic E-state index is 9.68. The fourth-order valence-corrected chi connectivity index (χ4v) is 3.04. The first-order valence-electron chi connectivity index (χ1n) is 6.99. The fourth-order valence-electron chi connectivity index (χ4n) is 3.04. The SMILES string of the molecule is CC1CCCC(CO)(NCCc2cccnc2)C1. The summed E-state index contributed by atoms with van der Waals surface area (Å²) in [5.41, 5.74) is 1.21. The summed E-state index contributed by atoms with van der Waals surface area (Å²) in [5, 5.41) is 13.3. The molecule has 1 fully saturated rings. The molecular formula is C15H24N2O. The van der Waals surface area contributed by atoms with Gasteiger partial charge in [-0.25, -0.2) is 0 Å². The van der Waals surface area contributed by atoms with Gasteiger partial charge in [0.1, 0.15) is 0 Å². The van der Waals surface area contributed by atoms with Crippen LogP contribution in [0.1, 0.15) is 38.2 Å². The first-order chi connectivity index (χ1) is 8.74. The van der Waals surface area contributed by atoms with Crippen LogP contribution < -0.4 is 5.32 Å². The second-order valence-corrected chi connectivity index (χ2v) is 5.68. The van der Waals surface area contributed by atoms with Crippen LogP contribution >= 0.6 is 0 Å². The van der Waals surface area contributed by atoms with E-state index in [1.807, 2.05) is 12.3 Å². The van der Waals surface area contributed by atoms with Gasteiger partial charge in [-0.1, -0.05) is 25.8 Å². The Labute approximate surface area is 110 Å². The molecule has 2 atom stereocenters. The number of aliphatic hydroxyl groups excluding tert-OH is 1. The monoisotopic (exact) mass is 248 g/mol. The summed E-state index contributed by atoms with van der Waals surface area (Å²) in [6, 6.07) is 4.07. The molecule has 0 radical (unpaired) electrons. The third kappa shape index (κ3) is 3.53. The van der Waals surface area contributed by atoms with Crippen LogP contribution in [0, 0.1) is 5.92 Å². The van der Waals surface area contributed by atoms with Crippen molar-refractivity contribution in [3.8, 4) is 0 Å². The quantitative estimate of drug-likeness (QED) is 0.839. The van der Waals surface area contributed by atoms with Crippen LogP contribution in [0.5, 0.6) is 0 Å². The highest BCUT2D eigenvalue weighted by Crippen LogP contribution is 2.31. The lowest BCUT2D eigenvalue weighted by Gasteiger charge is -2.39. The molecule has 1 aromatic rings. The topological polar surface area (TPSA) is 45.1 Å². The van der Waals surface area contributed by atoms with E-state index in [-0.39, 0.29) is 12.1 Å². The lowest BCUT2D eigenvalue weighted by molar-refractivity contribution is 0.100. The maximum absolute atomic E-state index is 9.68. The maximum Gasteiger partial charge on any atom is 0.0613 e. The molecule has 100 valence electrons. The van der Waals surface area contributed by atoms with Crippen molar-refractivity contribution in [1.29, 1.82) is 0 Å². The highest BCUT2D eigenvalue weighted by molar-refractivity contribution is 5.09. The summed E-state index contributed by atoms with van der Waals surface area (Å²) in [6.07, 6.45) is 9.40. The Morgan fingerprint density at radius 2 is 2.44 bits per heavy atom. The zero-order valence-electron chi connectivity index (χ0n) is 11.2. The Morgan fingerprint density at radius 1 is 1.56 bits per heavy atom. The fraction of sp³-hybridized carbons (Fsp3) is 0.667. The number of hydrogen-bond acceptors (Lipinski definition) is 3. The molecule has 2 N–H and O–H groups in total. The number of aliphatic hydroxyl groups is 1. The minimum Gasteiger partial charge on any atom is -0.394 e. The first-order valence-corrected chi connectivity index (χ1v) is 6.99. The summed E-state index contributed by atoms with van der Waals surface area (Å²) in [7, 11) is 0. The van der Waals surface area contributed by atoms with E-state index in [0.717, 1.165) is 31.7 Å². The van der Waals surface area contributed by atoms with Gasteiger partial charge in [-0.3, -0.25) is 4.98 Å². The molecule has 1 aliphatic carbocycles. The van der Waals surface area contributed by atoms with Gasteiger partial charge in [-0.2, -0.15) is 0 Å². The standard InChI is InChI=1S/C15H24N2O/c1-13-4-2-7-15(10-13,12-18)17-9-6-14-5-3-8-16-11-14/h3,5,8,11,13,17-18H,2,4,6-7,9-10,12H2,1H3. The zero-order valence-corrected chi connectivity index (χ0v) is 11.2. The predicted molar refractivity (Wildman–Crippen MR) is 73.4 cm³/mol. The first kappa shape index (κ1) is 13.5. The second-order valence-electron chi connectivity index (χ2n) is 5.68. The third-order valence-corrected chi connectivity index (χ3v) is 4.03. The molecule has 1 aromatic heterocycles. The summed E-state index contributed by atoms with van der Waals surface area (Å²) in [4.78, 5) is 4.12. The van der Waals surface area contributed by atoms with Crippen LogP contribution in [-0.4, -0.2) is 28.8 Å². The van der Waals surface area contributed by atoms with Crippen molar-refractivity contribution in [2.75, 3.05) is 13.2 Å². The van der Waals surface area contributed by atoms with Crippen LogP contribution in [0.2, 0.25) is 0 Å². The van der Waals surface area contributed by atoms with E-state index in [2.05, 4.69) is 23.3 Å². The van der Waals surface area contributed by atoms with E-state index in [0.29, 0.717) is 0 Å². The molecule has 2 unspecified atom stereocenters. The van der Waals surface area contributed by atoms with Crippen LogP contribution in [0.3, 0.4) is 0 Å². The summed E-state index contributed by atoms with van der Waals surface area (Å²) < 4.78 is 0. The average molecular weight is 248 g/mol. The van der Waals surface area contributed by atoms with Gasteiger partial charge in [-0.15, -0.1) is 0 Å². The van der Waals surface area contributed by atoms with E-state index < -0.39 is 0 Å². The second kappa shape index (κ2) is 6.30. The highest BCUT2D eigenvalue weighted by atomic mass is 16.3. The molecule has 0 spiro atoms. The molecule has 2 rings (SSSR count). The molecule has 1 aliphatic rings. The van der Waals surface area contributed by atoms with Crippen LogP contribution in [0.4, 0.5) is 0 Å². The Kier molecular flexibility index (Phi) is 4.72. The number of rotatable bonds is 5. The lowest BCUT2D eigenvalue weighted by atomic mass is 9.77. The van der Waals surface area contributed by atoms with Gasteiger partial charge < -0.3 is 10.4 Å². The van der Waals surface area contributed by atoms with Crippen molar-refractivity contribution in [3.05, 3.63) is 30.1 Å². The number of nitrogens with zero attached hydrogens (tertiary/aromatic N) is 1. The lowest BCUT2D eigenvalue weighted by Crippen LogP contribution is -2.52. The Hall–Kier alpha value is -0.930. The molecule has 18 heavy (non-hydrogen) atoms. The van der Waals surface area contributed by atoms with Crippen LogP contribution in [0.25, 0.3) is 0 Å². The van der Waals surface area contributed by atoms with Crippen LogP contribution in [0.15, 0.2) is 24.5 Å². The molecule has 0 amide bonds. The van der Waals surface area contributed by atoms with Gasteiger partial charge in [0.15, 0.2) is 0 Å². The normalized spacial score (nSPS) is 28.2. The molecular weight excluding hydrogens is 224 g/mol. The largest absolute Gasteiger partial charge is 0.394 e. The van der Waals surface area contributed by atoms with Gasteiger partial charge in [0.2, 0.25) is 0 Å². The molecule has 1 saturated carbocycles. The number of aromatic nitrogens is 1. The van der Waals surface area contributed by atoms with Gasteiger partial charge >= 0.3 is 0 Å². The van der Waals surface area contributed by atoms with Gasteiger partial charge in [0, 0.05) is 17.9 Å². The van der Waals surface area contributed by atoms with Crippen molar-refractivity contribution in [2.24, 2.45) is 5.92 Å². The average Bonchev–Trinajstić information content (AvgIpc) is 2.40. The highest BCUT2D eigenvalue weighted by Gasteiger charge is 2.33. The van der Waals surface area contributed by atoms with Gasteiger partial charge in [-0.05, 0) is 43.4 Å². The minimum absolute atomic E-state index is 0.0418. The number of hydrogen-bond donors (Lipinski definition) is 2. The van der Waals surface area contributed by atoms with E-state index in [1.165, 1.54) is 18.4 Å². The van der Waals surface area contributed by atoms with E-state index in [1.54, 1.807) is 6.20 Å². The molecule has 3 heteroatoms. The molecule has 0 aliphatic heterocycles. The summed E-state index contributed by atoms with van der Waals surface area (Å²) >= 11 is 0. The molecule has 3 nitrogen and oxygen atoms in total. The van der Waals surface area contributed by atoms with E-state index in [4.69, 9.17) is 0 Å². The number of nitrogens with one attached hydrogen (secondary N) is 1. The Morgan fingerprint density at radius 3 is 3.11 bits per heavy atom. The van der Waals surface area contributed by atoms with Crippen LogP contribution in [-0.2, 0) is 6.42 Å². The molecule has 0 aromatic carbocycles. The van der Waals surface area contributed by atoms with Crippen molar-refractivity contribution in [2.45, 2.75) is 44.6 Å². The third-order valence-electron chi connectivity index (χ3n) is 4.03. The smallest absolute Gasteiger partial charge is 0.0613 e. The van der Waals surface area contributed by atoms with Crippen molar-refractivity contribution in [3.63, 3.8) is 0 Å². The Bertz CT molecular complexity index is 355. The summed E-state index contributed by atoms with van der Waals surface area (Å²) in [6.45, 7) is 3.45. The molecule has 0 bridgehead atoms. The minimum atomic E-state index is -0.0418. The number of pyridine rings is 1. The van der Waals surface area contributed by atoms with E-state index >= 15 is 0 Å². The molecule has 0 saturated heterocycles. The Balaban J connectivity index is 1.83. The summed E-state index contributed by atoms with van der Waals surface area (Å²) in [5.74, 6) is 0.719. The van der Waals surface area contributed by atoms with Gasteiger partial charge in [0.05, 0.1) is 6.61 Å². The van der Waals surface area contributed by atoms with Crippen molar-refractivity contribution < 1.29 is 5.11 Å². The molecule has 1 heterocycles. The van der Waals surface area contributed by atoms with Crippen molar-refractivity contribution in [1.82, 2.24) is 10.3 Å². The zero-order chi connectivity index (χ0) is 12.8. The van der Waals surface area contributed by atoms with Gasteiger partial charge in [0.25, 0.3) is 0 Å². The van der Waals surface area contributed by atoms with E-state index in [9.17, 15) is 5.11 Å².